The Kier molecular flexibility index (Phi) is 4.02. The van der Waals surface area contributed by atoms with Gasteiger partial charge in [-0.2, -0.15) is 0 Å². The van der Waals surface area contributed by atoms with Crippen LogP contribution >= 0.6 is 0 Å². The third-order valence-electron chi connectivity index (χ3n) is 3.73. The lowest BCUT2D eigenvalue weighted by Gasteiger charge is -2.14. The average Bonchev–Trinajstić information content (AvgIpc) is 2.50. The fraction of sp³-hybridized carbons (Fsp3) is 0.100. The maximum Gasteiger partial charge on any atom is 0.122 e. The molecule has 2 radical (unpaired) electrons. The fourth-order valence-electron chi connectivity index (χ4n) is 2.73. The van der Waals surface area contributed by atoms with Crippen LogP contribution in [0.2, 0.25) is 0 Å². The highest BCUT2D eigenvalue weighted by Gasteiger charge is 2.10. The number of rotatable bonds is 3. The highest BCUT2D eigenvalue weighted by atomic mass is 28.2. The van der Waals surface area contributed by atoms with E-state index in [1.807, 2.05) is 0 Å². The Morgan fingerprint density at radius 3 is 1.95 bits per heavy atom. The summed E-state index contributed by atoms with van der Waals surface area (Å²) in [6.45, 7) is 4.40. The maximum absolute atomic E-state index is 2.26. The van der Waals surface area contributed by atoms with E-state index in [1.165, 1.54) is 32.6 Å². The monoisotopic (exact) mass is 286 g/mol. The summed E-state index contributed by atoms with van der Waals surface area (Å²) in [5.41, 5.74) is 5.45. The lowest BCUT2D eigenvalue weighted by Crippen LogP contribution is -2.28. The summed E-state index contributed by atoms with van der Waals surface area (Å²) >= 11 is 0. The van der Waals surface area contributed by atoms with Crippen LogP contribution in [0.15, 0.2) is 72.8 Å². The van der Waals surface area contributed by atoms with Crippen molar-refractivity contribution in [1.29, 1.82) is 0 Å². The van der Waals surface area contributed by atoms with E-state index in [1.54, 1.807) is 0 Å². The fourth-order valence-corrected chi connectivity index (χ4v) is 3.92. The zero-order chi connectivity index (χ0) is 14.7. The first kappa shape index (κ1) is 13.8. The van der Waals surface area contributed by atoms with Gasteiger partial charge in [-0.3, -0.25) is 0 Å². The lowest BCUT2D eigenvalue weighted by atomic mass is 9.96. The number of aryl methyl sites for hydroxylation is 2. The Balaban J connectivity index is 2.08. The first-order chi connectivity index (χ1) is 10.3. The molecule has 0 bridgehead atoms. The van der Waals surface area contributed by atoms with E-state index in [-0.39, 0.29) is 0 Å². The molecule has 102 valence electrons. The van der Waals surface area contributed by atoms with Crippen LogP contribution in [0.3, 0.4) is 0 Å². The standard InChI is InChI=1S/C20H18Si/c1-15-9-8-10-16(2)20(15)18-13-6-7-14-19(18)21-17-11-4-3-5-12-17/h3-14H,1-2H3. The van der Waals surface area contributed by atoms with Crippen LogP contribution < -0.4 is 10.4 Å². The molecule has 0 aliphatic rings. The molecule has 3 aromatic carbocycles. The van der Waals surface area contributed by atoms with Crippen LogP contribution in [0.1, 0.15) is 11.1 Å². The quantitative estimate of drug-likeness (QED) is 0.645. The van der Waals surface area contributed by atoms with Gasteiger partial charge in [0.2, 0.25) is 0 Å². The first-order valence-corrected chi connectivity index (χ1v) is 8.23. The number of hydrogen-bond donors (Lipinski definition) is 0. The highest BCUT2D eigenvalue weighted by molar-refractivity contribution is 6.68. The van der Waals surface area contributed by atoms with Crippen LogP contribution in [0.4, 0.5) is 0 Å². The van der Waals surface area contributed by atoms with Crippen molar-refractivity contribution in [3.63, 3.8) is 0 Å². The molecule has 0 aliphatic carbocycles. The minimum absolute atomic E-state index is 0.694. The summed E-state index contributed by atoms with van der Waals surface area (Å²) in [5, 5.41) is 2.80. The molecule has 0 heterocycles. The highest BCUT2D eigenvalue weighted by Crippen LogP contribution is 2.25. The third-order valence-corrected chi connectivity index (χ3v) is 5.06. The van der Waals surface area contributed by atoms with E-state index in [9.17, 15) is 0 Å². The molecule has 0 saturated carbocycles. The zero-order valence-electron chi connectivity index (χ0n) is 12.4. The van der Waals surface area contributed by atoms with Gasteiger partial charge in [-0.1, -0.05) is 83.2 Å². The molecule has 0 nitrogen and oxygen atoms in total. The van der Waals surface area contributed by atoms with Crippen molar-refractivity contribution in [2.45, 2.75) is 13.8 Å². The van der Waals surface area contributed by atoms with Gasteiger partial charge in [0, 0.05) is 0 Å². The summed E-state index contributed by atoms with van der Waals surface area (Å²) in [5.74, 6) is 0. The predicted molar refractivity (Wildman–Crippen MR) is 92.8 cm³/mol. The number of benzene rings is 3. The van der Waals surface area contributed by atoms with Crippen molar-refractivity contribution in [3.8, 4) is 11.1 Å². The summed E-state index contributed by atoms with van der Waals surface area (Å²) in [4.78, 5) is 0. The smallest absolute Gasteiger partial charge is 0.0631 e. The largest absolute Gasteiger partial charge is 0.122 e. The molecular formula is C20H18Si. The zero-order valence-corrected chi connectivity index (χ0v) is 13.4. The second kappa shape index (κ2) is 6.11. The SMILES string of the molecule is Cc1cccc(C)c1-c1ccccc1[Si]c1ccccc1. The summed E-state index contributed by atoms with van der Waals surface area (Å²) in [7, 11) is 0.694. The van der Waals surface area contributed by atoms with Crippen molar-refractivity contribution >= 4 is 19.9 Å². The van der Waals surface area contributed by atoms with Crippen LogP contribution in [0, 0.1) is 13.8 Å². The van der Waals surface area contributed by atoms with Gasteiger partial charge in [-0.05, 0) is 36.1 Å². The molecule has 21 heavy (non-hydrogen) atoms. The third kappa shape index (κ3) is 2.98. The van der Waals surface area contributed by atoms with E-state index < -0.39 is 0 Å². The molecule has 0 atom stereocenters. The minimum Gasteiger partial charge on any atom is -0.0631 e. The first-order valence-electron chi connectivity index (χ1n) is 7.23. The van der Waals surface area contributed by atoms with Gasteiger partial charge in [0.15, 0.2) is 0 Å². The summed E-state index contributed by atoms with van der Waals surface area (Å²) in [6, 6.07) is 26.0. The van der Waals surface area contributed by atoms with Gasteiger partial charge < -0.3 is 0 Å². The molecule has 0 saturated heterocycles. The van der Waals surface area contributed by atoms with E-state index in [0.29, 0.717) is 9.52 Å². The predicted octanol–water partition coefficient (Wildman–Crippen LogP) is 3.63. The van der Waals surface area contributed by atoms with Crippen LogP contribution in [-0.4, -0.2) is 9.52 Å². The van der Waals surface area contributed by atoms with Gasteiger partial charge >= 0.3 is 0 Å². The molecule has 0 unspecified atom stereocenters. The van der Waals surface area contributed by atoms with Gasteiger partial charge in [0.05, 0.1) is 0 Å². The van der Waals surface area contributed by atoms with Gasteiger partial charge in [0.1, 0.15) is 9.52 Å². The Hall–Kier alpha value is -2.12. The topological polar surface area (TPSA) is 0 Å². The minimum atomic E-state index is 0.694. The Morgan fingerprint density at radius 2 is 1.24 bits per heavy atom. The molecule has 0 amide bonds. The summed E-state index contributed by atoms with van der Waals surface area (Å²) < 4.78 is 0. The maximum atomic E-state index is 2.26. The molecule has 3 aromatic rings. The Labute approximate surface area is 129 Å². The van der Waals surface area contributed by atoms with Crippen LogP contribution in [0.25, 0.3) is 11.1 Å². The molecule has 0 fully saturated rings. The lowest BCUT2D eigenvalue weighted by molar-refractivity contribution is 1.38. The van der Waals surface area contributed by atoms with Crippen molar-refractivity contribution in [1.82, 2.24) is 0 Å². The molecule has 0 spiro atoms. The van der Waals surface area contributed by atoms with Gasteiger partial charge in [-0.15, -0.1) is 0 Å². The van der Waals surface area contributed by atoms with Gasteiger partial charge in [0.25, 0.3) is 0 Å². The van der Waals surface area contributed by atoms with Crippen LogP contribution in [0.5, 0.6) is 0 Å². The second-order valence-electron chi connectivity index (χ2n) is 5.30. The number of hydrogen-bond acceptors (Lipinski definition) is 0. The van der Waals surface area contributed by atoms with E-state index in [2.05, 4.69) is 86.6 Å². The van der Waals surface area contributed by atoms with E-state index in [4.69, 9.17) is 0 Å². The van der Waals surface area contributed by atoms with Crippen molar-refractivity contribution < 1.29 is 0 Å². The second-order valence-corrected chi connectivity index (χ2v) is 6.67. The van der Waals surface area contributed by atoms with Crippen LogP contribution in [-0.2, 0) is 0 Å². The molecular weight excluding hydrogens is 268 g/mol. The average molecular weight is 286 g/mol. The molecule has 3 rings (SSSR count). The van der Waals surface area contributed by atoms with Gasteiger partial charge in [-0.25, -0.2) is 0 Å². The molecule has 0 aliphatic heterocycles. The van der Waals surface area contributed by atoms with E-state index in [0.717, 1.165) is 0 Å². The van der Waals surface area contributed by atoms with Crippen molar-refractivity contribution in [2.75, 3.05) is 0 Å². The summed E-state index contributed by atoms with van der Waals surface area (Å²) in [6.07, 6.45) is 0. The molecule has 0 aromatic heterocycles. The molecule has 0 N–H and O–H groups in total. The Bertz CT molecular complexity index is 725. The molecule has 1 heteroatoms. The Morgan fingerprint density at radius 1 is 0.619 bits per heavy atom. The van der Waals surface area contributed by atoms with Crippen molar-refractivity contribution in [2.24, 2.45) is 0 Å². The van der Waals surface area contributed by atoms with Crippen molar-refractivity contribution in [3.05, 3.63) is 83.9 Å². The van der Waals surface area contributed by atoms with E-state index >= 15 is 0 Å². The normalized spacial score (nSPS) is 10.6.